The number of nitrogens with two attached hydrogens (primary N) is 1. The monoisotopic (exact) mass is 403 g/mol. The van der Waals surface area contributed by atoms with Gasteiger partial charge >= 0.3 is 0 Å². The van der Waals surface area contributed by atoms with Gasteiger partial charge in [-0.3, -0.25) is 4.79 Å². The quantitative estimate of drug-likeness (QED) is 0.774. The smallest absolute Gasteiger partial charge is 0.270 e. The van der Waals surface area contributed by atoms with E-state index in [1.165, 1.54) is 16.9 Å². The maximum atomic E-state index is 12.0. The highest BCUT2D eigenvalue weighted by atomic mass is 79.9. The minimum Gasteiger partial charge on any atom is -0.348 e. The molecule has 0 aliphatic heterocycles. The second-order valence-corrected chi connectivity index (χ2v) is 6.73. The number of carbonyl (C=O) groups is 1. The number of nitrogens with zero attached hydrogens (tertiary/aromatic N) is 1. The second kappa shape index (κ2) is 9.25. The van der Waals surface area contributed by atoms with Gasteiger partial charge in [-0.25, -0.2) is 4.98 Å². The lowest BCUT2D eigenvalue weighted by atomic mass is 10.1. The third kappa shape index (κ3) is 5.68. The van der Waals surface area contributed by atoms with Crippen LogP contribution >= 0.6 is 39.7 Å². The lowest BCUT2D eigenvalue weighted by Crippen LogP contribution is -2.33. The van der Waals surface area contributed by atoms with E-state index < -0.39 is 0 Å². The van der Waals surface area contributed by atoms with Crippen molar-refractivity contribution in [1.82, 2.24) is 10.3 Å². The number of aryl methyl sites for hydroxylation is 1. The highest BCUT2D eigenvalue weighted by molar-refractivity contribution is 9.10. The van der Waals surface area contributed by atoms with Crippen molar-refractivity contribution in [3.63, 3.8) is 0 Å². The maximum absolute atomic E-state index is 12.0. The van der Waals surface area contributed by atoms with Gasteiger partial charge in [0.15, 0.2) is 0 Å². The summed E-state index contributed by atoms with van der Waals surface area (Å²) in [6, 6.07) is 8.34. The standard InChI is InChI=1S/C15H18BrN3OS.ClH/c1-10(2-3-11-4-6-12(16)7-5-11)18-15(20)13-9-21-14(8-17)19-13;/h4-7,9-10H,2-3,8,17H2,1H3,(H,18,20);1H. The Morgan fingerprint density at radius 2 is 2.09 bits per heavy atom. The summed E-state index contributed by atoms with van der Waals surface area (Å²) >= 11 is 4.84. The van der Waals surface area contributed by atoms with Crippen molar-refractivity contribution in [3.05, 3.63) is 50.4 Å². The molecule has 1 aromatic heterocycles. The zero-order valence-electron chi connectivity index (χ0n) is 12.2. The van der Waals surface area contributed by atoms with Crippen molar-refractivity contribution in [1.29, 1.82) is 0 Å². The molecule has 3 N–H and O–H groups in total. The third-order valence-electron chi connectivity index (χ3n) is 3.12. The van der Waals surface area contributed by atoms with Gasteiger partial charge in [0.2, 0.25) is 0 Å². The molecule has 2 rings (SSSR count). The Labute approximate surface area is 149 Å². The summed E-state index contributed by atoms with van der Waals surface area (Å²) in [4.78, 5) is 16.2. The summed E-state index contributed by atoms with van der Waals surface area (Å²) in [6.45, 7) is 2.38. The number of benzene rings is 1. The first kappa shape index (κ1) is 19.1. The molecule has 0 bridgehead atoms. The van der Waals surface area contributed by atoms with Crippen LogP contribution in [0.15, 0.2) is 34.1 Å². The van der Waals surface area contributed by atoms with E-state index in [0.29, 0.717) is 12.2 Å². The molecule has 2 aromatic rings. The van der Waals surface area contributed by atoms with Crippen molar-refractivity contribution in [2.75, 3.05) is 0 Å². The van der Waals surface area contributed by atoms with Crippen molar-refractivity contribution < 1.29 is 4.79 Å². The molecule has 1 heterocycles. The Bertz CT molecular complexity index is 603. The predicted molar refractivity (Wildman–Crippen MR) is 96.6 cm³/mol. The predicted octanol–water partition coefficient (Wildman–Crippen LogP) is 3.54. The van der Waals surface area contributed by atoms with Crippen LogP contribution in [0.2, 0.25) is 0 Å². The molecule has 4 nitrogen and oxygen atoms in total. The average Bonchev–Trinajstić information content (AvgIpc) is 2.96. The van der Waals surface area contributed by atoms with Gasteiger partial charge in [0.1, 0.15) is 10.7 Å². The van der Waals surface area contributed by atoms with Gasteiger partial charge in [0.25, 0.3) is 5.91 Å². The van der Waals surface area contributed by atoms with Gasteiger partial charge in [-0.2, -0.15) is 0 Å². The van der Waals surface area contributed by atoms with E-state index in [1.54, 1.807) is 5.38 Å². The number of hydrogen-bond donors (Lipinski definition) is 2. The lowest BCUT2D eigenvalue weighted by Gasteiger charge is -2.13. The molecule has 0 saturated heterocycles. The van der Waals surface area contributed by atoms with E-state index in [9.17, 15) is 4.79 Å². The molecule has 0 aliphatic rings. The summed E-state index contributed by atoms with van der Waals surface area (Å²) < 4.78 is 1.08. The molecule has 22 heavy (non-hydrogen) atoms. The van der Waals surface area contributed by atoms with Gasteiger partial charge in [0.05, 0.1) is 0 Å². The molecule has 0 fully saturated rings. The van der Waals surface area contributed by atoms with Crippen LogP contribution in [0.5, 0.6) is 0 Å². The molecule has 0 saturated carbocycles. The summed E-state index contributed by atoms with van der Waals surface area (Å²) in [6.07, 6.45) is 1.82. The molecule has 1 atom stereocenters. The van der Waals surface area contributed by atoms with Crippen LogP contribution < -0.4 is 11.1 Å². The zero-order chi connectivity index (χ0) is 15.2. The van der Waals surface area contributed by atoms with E-state index >= 15 is 0 Å². The highest BCUT2D eigenvalue weighted by Crippen LogP contribution is 2.13. The Morgan fingerprint density at radius 3 is 2.68 bits per heavy atom. The maximum Gasteiger partial charge on any atom is 0.270 e. The molecular weight excluding hydrogens is 386 g/mol. The van der Waals surface area contributed by atoms with Gasteiger partial charge in [-0.15, -0.1) is 23.7 Å². The van der Waals surface area contributed by atoms with E-state index in [-0.39, 0.29) is 24.4 Å². The first-order chi connectivity index (χ1) is 10.1. The Kier molecular flexibility index (Phi) is 8.03. The number of nitrogens with one attached hydrogen (secondary N) is 1. The topological polar surface area (TPSA) is 68.0 Å². The molecule has 1 amide bonds. The van der Waals surface area contributed by atoms with E-state index in [2.05, 4.69) is 38.4 Å². The van der Waals surface area contributed by atoms with Gasteiger partial charge in [0, 0.05) is 22.4 Å². The normalized spacial score (nSPS) is 11.6. The third-order valence-corrected chi connectivity index (χ3v) is 4.52. The van der Waals surface area contributed by atoms with Crippen LogP contribution in [0, 0.1) is 0 Å². The molecule has 7 heteroatoms. The van der Waals surface area contributed by atoms with Crippen molar-refractivity contribution >= 4 is 45.6 Å². The summed E-state index contributed by atoms with van der Waals surface area (Å²) in [5.41, 5.74) is 7.22. The Balaban J connectivity index is 0.00000242. The van der Waals surface area contributed by atoms with Crippen LogP contribution in [-0.4, -0.2) is 16.9 Å². The Hall–Kier alpha value is -0.950. The van der Waals surface area contributed by atoms with Crippen LogP contribution in [-0.2, 0) is 13.0 Å². The van der Waals surface area contributed by atoms with E-state index in [0.717, 1.165) is 22.3 Å². The van der Waals surface area contributed by atoms with Gasteiger partial charge in [-0.1, -0.05) is 28.1 Å². The van der Waals surface area contributed by atoms with Crippen LogP contribution in [0.25, 0.3) is 0 Å². The summed E-state index contributed by atoms with van der Waals surface area (Å²) in [7, 11) is 0. The fraction of sp³-hybridized carbons (Fsp3) is 0.333. The molecule has 0 aliphatic carbocycles. The molecule has 1 unspecified atom stereocenters. The number of carbonyl (C=O) groups excluding carboxylic acids is 1. The molecule has 120 valence electrons. The first-order valence-corrected chi connectivity index (χ1v) is 8.45. The zero-order valence-corrected chi connectivity index (χ0v) is 15.4. The molecule has 1 aromatic carbocycles. The van der Waals surface area contributed by atoms with Crippen LogP contribution in [0.3, 0.4) is 0 Å². The first-order valence-electron chi connectivity index (χ1n) is 6.78. The van der Waals surface area contributed by atoms with E-state index in [4.69, 9.17) is 5.73 Å². The number of halogens is 2. The fourth-order valence-electron chi connectivity index (χ4n) is 1.91. The minimum atomic E-state index is -0.130. The van der Waals surface area contributed by atoms with Gasteiger partial charge < -0.3 is 11.1 Å². The SMILES string of the molecule is CC(CCc1ccc(Br)cc1)NC(=O)c1csc(CN)n1.Cl. The van der Waals surface area contributed by atoms with Crippen molar-refractivity contribution in [3.8, 4) is 0 Å². The van der Waals surface area contributed by atoms with Crippen LogP contribution in [0.1, 0.15) is 34.4 Å². The molecular formula is C15H19BrClN3OS. The molecule has 0 spiro atoms. The number of rotatable bonds is 6. The van der Waals surface area contributed by atoms with E-state index in [1.807, 2.05) is 19.1 Å². The number of thiazole rings is 1. The molecule has 0 radical (unpaired) electrons. The Morgan fingerprint density at radius 1 is 1.41 bits per heavy atom. The van der Waals surface area contributed by atoms with Gasteiger partial charge in [-0.05, 0) is 37.5 Å². The highest BCUT2D eigenvalue weighted by Gasteiger charge is 2.13. The second-order valence-electron chi connectivity index (χ2n) is 4.87. The van der Waals surface area contributed by atoms with Crippen molar-refractivity contribution in [2.24, 2.45) is 5.73 Å². The summed E-state index contributed by atoms with van der Waals surface area (Å²) in [5, 5.41) is 5.50. The average molecular weight is 405 g/mol. The minimum absolute atomic E-state index is 0. The fourth-order valence-corrected chi connectivity index (χ4v) is 2.83. The van der Waals surface area contributed by atoms with Crippen LogP contribution in [0.4, 0.5) is 0 Å². The largest absolute Gasteiger partial charge is 0.348 e. The van der Waals surface area contributed by atoms with Crippen molar-refractivity contribution in [2.45, 2.75) is 32.4 Å². The summed E-state index contributed by atoms with van der Waals surface area (Å²) in [5.74, 6) is -0.130. The lowest BCUT2D eigenvalue weighted by molar-refractivity contribution is 0.0934. The number of hydrogen-bond acceptors (Lipinski definition) is 4. The number of aromatic nitrogens is 1. The number of amides is 1.